The third kappa shape index (κ3) is 6.15. The molecule has 0 aromatic rings. The SMILES string of the molecule is CCCC=CC(Cl)CCC. The van der Waals surface area contributed by atoms with Gasteiger partial charge in [-0.25, -0.2) is 0 Å². The number of rotatable bonds is 5. The molecule has 0 bridgehead atoms. The summed E-state index contributed by atoms with van der Waals surface area (Å²) in [7, 11) is 0. The van der Waals surface area contributed by atoms with Gasteiger partial charge in [-0.3, -0.25) is 0 Å². The highest BCUT2D eigenvalue weighted by atomic mass is 35.5. The maximum atomic E-state index is 5.93. The summed E-state index contributed by atoms with van der Waals surface area (Å²) in [5.41, 5.74) is 0. The maximum Gasteiger partial charge on any atom is 0.0515 e. The predicted molar refractivity (Wildman–Crippen MR) is 48.6 cm³/mol. The van der Waals surface area contributed by atoms with Crippen molar-refractivity contribution in [2.24, 2.45) is 0 Å². The van der Waals surface area contributed by atoms with Crippen LogP contribution in [-0.4, -0.2) is 5.38 Å². The smallest absolute Gasteiger partial charge is 0.0515 e. The summed E-state index contributed by atoms with van der Waals surface area (Å²) in [5, 5.41) is 0.261. The minimum Gasteiger partial charge on any atom is -0.118 e. The molecule has 1 heteroatoms. The van der Waals surface area contributed by atoms with Gasteiger partial charge in [-0.2, -0.15) is 0 Å². The van der Waals surface area contributed by atoms with Crippen molar-refractivity contribution in [3.8, 4) is 0 Å². The van der Waals surface area contributed by atoms with Gasteiger partial charge in [0.1, 0.15) is 0 Å². The van der Waals surface area contributed by atoms with E-state index in [0.29, 0.717) is 0 Å². The fourth-order valence-electron chi connectivity index (χ4n) is 0.783. The first kappa shape index (κ1) is 10.0. The predicted octanol–water partition coefficient (Wildman–Crippen LogP) is 3.75. The summed E-state index contributed by atoms with van der Waals surface area (Å²) in [6, 6.07) is 0. The largest absolute Gasteiger partial charge is 0.118 e. The van der Waals surface area contributed by atoms with Gasteiger partial charge in [-0.05, 0) is 12.8 Å². The van der Waals surface area contributed by atoms with Crippen molar-refractivity contribution >= 4 is 11.6 Å². The Bertz CT molecular complexity index is 86.7. The van der Waals surface area contributed by atoms with Crippen LogP contribution in [0.15, 0.2) is 12.2 Å². The van der Waals surface area contributed by atoms with Crippen molar-refractivity contribution in [1.82, 2.24) is 0 Å². The van der Waals surface area contributed by atoms with Gasteiger partial charge in [0.15, 0.2) is 0 Å². The minimum atomic E-state index is 0.261. The van der Waals surface area contributed by atoms with E-state index in [2.05, 4.69) is 26.0 Å². The summed E-state index contributed by atoms with van der Waals surface area (Å²) >= 11 is 5.93. The van der Waals surface area contributed by atoms with Crippen molar-refractivity contribution in [3.05, 3.63) is 12.2 Å². The van der Waals surface area contributed by atoms with E-state index in [4.69, 9.17) is 11.6 Å². The molecule has 0 N–H and O–H groups in total. The molecule has 0 nitrogen and oxygen atoms in total. The third-order valence-corrected chi connectivity index (χ3v) is 1.73. The van der Waals surface area contributed by atoms with Crippen LogP contribution in [-0.2, 0) is 0 Å². The molecule has 0 radical (unpaired) electrons. The summed E-state index contributed by atoms with van der Waals surface area (Å²) < 4.78 is 0. The van der Waals surface area contributed by atoms with Crippen LogP contribution in [0.25, 0.3) is 0 Å². The molecule has 0 aliphatic carbocycles. The molecule has 0 fully saturated rings. The number of unbranched alkanes of at least 4 members (excludes halogenated alkanes) is 1. The topological polar surface area (TPSA) is 0 Å². The zero-order chi connectivity index (χ0) is 7.82. The van der Waals surface area contributed by atoms with Crippen LogP contribution in [0.2, 0.25) is 0 Å². The zero-order valence-electron chi connectivity index (χ0n) is 6.94. The molecule has 0 aromatic heterocycles. The second kappa shape index (κ2) is 7.14. The molecule has 0 saturated carbocycles. The Labute approximate surface area is 69.3 Å². The third-order valence-electron chi connectivity index (χ3n) is 1.36. The maximum absolute atomic E-state index is 5.93. The normalized spacial score (nSPS) is 14.3. The monoisotopic (exact) mass is 160 g/mol. The van der Waals surface area contributed by atoms with Gasteiger partial charge in [-0.15, -0.1) is 11.6 Å². The van der Waals surface area contributed by atoms with E-state index in [1.54, 1.807) is 0 Å². The van der Waals surface area contributed by atoms with Crippen molar-refractivity contribution in [2.45, 2.75) is 44.9 Å². The van der Waals surface area contributed by atoms with E-state index in [0.717, 1.165) is 12.8 Å². The number of alkyl halides is 1. The first-order chi connectivity index (χ1) is 4.81. The van der Waals surface area contributed by atoms with Crippen molar-refractivity contribution in [3.63, 3.8) is 0 Å². The molecular formula is C9H17Cl. The molecule has 1 unspecified atom stereocenters. The van der Waals surface area contributed by atoms with Crippen LogP contribution in [0.1, 0.15) is 39.5 Å². The summed E-state index contributed by atoms with van der Waals surface area (Å²) in [6.07, 6.45) is 8.92. The van der Waals surface area contributed by atoms with E-state index in [1.807, 2.05) is 0 Å². The minimum absolute atomic E-state index is 0.261. The Morgan fingerprint density at radius 3 is 2.50 bits per heavy atom. The molecule has 0 aliphatic rings. The van der Waals surface area contributed by atoms with E-state index < -0.39 is 0 Å². The van der Waals surface area contributed by atoms with Crippen molar-refractivity contribution in [2.75, 3.05) is 0 Å². The second-order valence-electron chi connectivity index (χ2n) is 2.52. The average Bonchev–Trinajstić information content (AvgIpc) is 1.89. The van der Waals surface area contributed by atoms with Gasteiger partial charge in [-0.1, -0.05) is 38.8 Å². The average molecular weight is 161 g/mol. The number of allylic oxidation sites excluding steroid dienone is 2. The molecule has 0 spiro atoms. The van der Waals surface area contributed by atoms with E-state index >= 15 is 0 Å². The highest BCUT2D eigenvalue weighted by Crippen LogP contribution is 2.06. The van der Waals surface area contributed by atoms with E-state index in [-0.39, 0.29) is 5.38 Å². The van der Waals surface area contributed by atoms with Gasteiger partial charge < -0.3 is 0 Å². The Hall–Kier alpha value is 0.0300. The van der Waals surface area contributed by atoms with Crippen molar-refractivity contribution < 1.29 is 0 Å². The number of halogens is 1. The van der Waals surface area contributed by atoms with Crippen LogP contribution in [0.3, 0.4) is 0 Å². The molecule has 60 valence electrons. The Kier molecular flexibility index (Phi) is 7.16. The van der Waals surface area contributed by atoms with Crippen LogP contribution < -0.4 is 0 Å². The first-order valence-electron chi connectivity index (χ1n) is 4.12. The summed E-state index contributed by atoms with van der Waals surface area (Å²) in [4.78, 5) is 0. The van der Waals surface area contributed by atoms with E-state index in [9.17, 15) is 0 Å². The second-order valence-corrected chi connectivity index (χ2v) is 3.08. The van der Waals surface area contributed by atoms with E-state index in [1.165, 1.54) is 12.8 Å². The lowest BCUT2D eigenvalue weighted by Gasteiger charge is -1.98. The van der Waals surface area contributed by atoms with Gasteiger partial charge in [0.2, 0.25) is 0 Å². The van der Waals surface area contributed by atoms with Crippen LogP contribution >= 0.6 is 11.6 Å². The molecule has 0 amide bonds. The Morgan fingerprint density at radius 2 is 2.00 bits per heavy atom. The number of hydrogen-bond donors (Lipinski definition) is 0. The lowest BCUT2D eigenvalue weighted by Crippen LogP contribution is -1.90. The molecule has 0 heterocycles. The quantitative estimate of drug-likeness (QED) is 0.425. The Balaban J connectivity index is 3.26. The fraction of sp³-hybridized carbons (Fsp3) is 0.778. The first-order valence-corrected chi connectivity index (χ1v) is 4.55. The highest BCUT2D eigenvalue weighted by Gasteiger charge is 1.94. The molecular weight excluding hydrogens is 144 g/mol. The van der Waals surface area contributed by atoms with Gasteiger partial charge in [0, 0.05) is 0 Å². The van der Waals surface area contributed by atoms with Crippen LogP contribution in [0.4, 0.5) is 0 Å². The molecule has 0 rings (SSSR count). The van der Waals surface area contributed by atoms with Crippen LogP contribution in [0.5, 0.6) is 0 Å². The van der Waals surface area contributed by atoms with Gasteiger partial charge in [0.05, 0.1) is 5.38 Å². The molecule has 10 heavy (non-hydrogen) atoms. The van der Waals surface area contributed by atoms with Crippen molar-refractivity contribution in [1.29, 1.82) is 0 Å². The highest BCUT2D eigenvalue weighted by molar-refractivity contribution is 6.21. The lowest BCUT2D eigenvalue weighted by molar-refractivity contribution is 0.816. The fourth-order valence-corrected chi connectivity index (χ4v) is 1.10. The summed E-state index contributed by atoms with van der Waals surface area (Å²) in [5.74, 6) is 0. The molecule has 0 aliphatic heterocycles. The molecule has 0 aromatic carbocycles. The van der Waals surface area contributed by atoms with Gasteiger partial charge in [0.25, 0.3) is 0 Å². The molecule has 1 atom stereocenters. The standard InChI is InChI=1S/C9H17Cl/c1-3-5-6-8-9(10)7-4-2/h6,8-9H,3-5,7H2,1-2H3. The van der Waals surface area contributed by atoms with Gasteiger partial charge >= 0.3 is 0 Å². The number of hydrogen-bond acceptors (Lipinski definition) is 0. The zero-order valence-corrected chi connectivity index (χ0v) is 7.69. The molecule has 0 saturated heterocycles. The lowest BCUT2D eigenvalue weighted by atomic mass is 10.2. The Morgan fingerprint density at radius 1 is 1.30 bits per heavy atom. The summed E-state index contributed by atoms with van der Waals surface area (Å²) in [6.45, 7) is 4.33. The van der Waals surface area contributed by atoms with Crippen LogP contribution in [0, 0.1) is 0 Å².